The maximum atomic E-state index is 12.5. The van der Waals surface area contributed by atoms with E-state index in [0.717, 1.165) is 0 Å². The highest BCUT2D eigenvalue weighted by atomic mass is 32.3. The Morgan fingerprint density at radius 2 is 2.29 bits per heavy atom. The van der Waals surface area contributed by atoms with Crippen LogP contribution >= 0.6 is 0 Å². The molecule has 78 valence electrons. The molecular formula is C7H9FN2O3S. The van der Waals surface area contributed by atoms with E-state index in [0.29, 0.717) is 0 Å². The second-order valence-electron chi connectivity index (χ2n) is 3.05. The molecule has 1 unspecified atom stereocenters. The minimum absolute atomic E-state index is 0.130. The summed E-state index contributed by atoms with van der Waals surface area (Å²) >= 11 is 0. The lowest BCUT2D eigenvalue weighted by molar-refractivity contribution is -0.127. The Hall–Kier alpha value is -1.16. The van der Waals surface area contributed by atoms with Crippen LogP contribution in [0, 0.1) is 11.3 Å². The average Bonchev–Trinajstić information content (AvgIpc) is 2.43. The van der Waals surface area contributed by atoms with E-state index in [1.54, 1.807) is 0 Å². The number of nitriles is 1. The normalized spacial score (nSPS) is 22.4. The van der Waals surface area contributed by atoms with Crippen molar-refractivity contribution in [1.82, 2.24) is 4.90 Å². The Labute approximate surface area is 81.3 Å². The van der Waals surface area contributed by atoms with Gasteiger partial charge in [0, 0.05) is 19.5 Å². The van der Waals surface area contributed by atoms with Crippen LogP contribution in [0.25, 0.3) is 0 Å². The van der Waals surface area contributed by atoms with Crippen molar-refractivity contribution in [2.24, 2.45) is 0 Å². The number of rotatable bonds is 3. The predicted octanol–water partition coefficient (Wildman–Crippen LogP) is -0.200. The van der Waals surface area contributed by atoms with Gasteiger partial charge in [-0.25, -0.2) is 0 Å². The minimum atomic E-state index is -4.64. The Bertz CT molecular complexity index is 373. The van der Waals surface area contributed by atoms with Gasteiger partial charge in [-0.05, 0) is 0 Å². The van der Waals surface area contributed by atoms with Crippen LogP contribution < -0.4 is 0 Å². The summed E-state index contributed by atoms with van der Waals surface area (Å²) in [7, 11) is -4.64. The van der Waals surface area contributed by atoms with Crippen LogP contribution in [0.2, 0.25) is 0 Å². The molecule has 0 aromatic carbocycles. The van der Waals surface area contributed by atoms with E-state index in [4.69, 9.17) is 5.26 Å². The molecule has 0 N–H and O–H groups in total. The van der Waals surface area contributed by atoms with Crippen molar-refractivity contribution in [3.05, 3.63) is 0 Å². The minimum Gasteiger partial charge on any atom is -0.340 e. The van der Waals surface area contributed by atoms with E-state index in [1.165, 1.54) is 4.90 Å². The van der Waals surface area contributed by atoms with Crippen LogP contribution in [0.3, 0.4) is 0 Å². The van der Waals surface area contributed by atoms with Gasteiger partial charge in [0.25, 0.3) is 0 Å². The molecular weight excluding hydrogens is 211 g/mol. The molecule has 1 saturated heterocycles. The van der Waals surface area contributed by atoms with Crippen LogP contribution in [-0.4, -0.2) is 37.6 Å². The fraction of sp³-hybridized carbons (Fsp3) is 0.714. The molecule has 0 radical (unpaired) electrons. The zero-order valence-electron chi connectivity index (χ0n) is 7.31. The number of likely N-dealkylation sites (tertiary alicyclic amines) is 1. The van der Waals surface area contributed by atoms with Crippen molar-refractivity contribution < 1.29 is 17.1 Å². The van der Waals surface area contributed by atoms with Crippen LogP contribution in [0.1, 0.15) is 12.8 Å². The third kappa shape index (κ3) is 2.42. The summed E-state index contributed by atoms with van der Waals surface area (Å²) in [6, 6.07) is 1.83. The molecule has 5 nitrogen and oxygen atoms in total. The number of halogens is 1. The molecule has 7 heteroatoms. The number of nitrogens with zero attached hydrogens (tertiary/aromatic N) is 2. The van der Waals surface area contributed by atoms with Crippen LogP contribution in [0.5, 0.6) is 0 Å². The van der Waals surface area contributed by atoms with Gasteiger partial charge in [-0.2, -0.15) is 13.7 Å². The molecule has 0 spiro atoms. The first-order chi connectivity index (χ1) is 6.45. The molecule has 0 saturated carbocycles. The van der Waals surface area contributed by atoms with Crippen LogP contribution in [0.15, 0.2) is 0 Å². The second kappa shape index (κ2) is 3.92. The van der Waals surface area contributed by atoms with Gasteiger partial charge in [0.05, 0.1) is 12.5 Å². The van der Waals surface area contributed by atoms with Crippen molar-refractivity contribution in [3.63, 3.8) is 0 Å². The quantitative estimate of drug-likeness (QED) is 0.617. The lowest BCUT2D eigenvalue weighted by atomic mass is 10.4. The third-order valence-electron chi connectivity index (χ3n) is 2.07. The van der Waals surface area contributed by atoms with Gasteiger partial charge in [0.1, 0.15) is 5.25 Å². The number of hydrogen-bond donors (Lipinski definition) is 0. The Balaban J connectivity index is 2.62. The fourth-order valence-corrected chi connectivity index (χ4v) is 2.03. The largest absolute Gasteiger partial charge is 0.340 e. The number of hydrogen-bond acceptors (Lipinski definition) is 4. The van der Waals surface area contributed by atoms with Crippen LogP contribution in [-0.2, 0) is 15.0 Å². The maximum Gasteiger partial charge on any atom is 0.307 e. The third-order valence-corrected chi connectivity index (χ3v) is 3.18. The lowest BCUT2D eigenvalue weighted by Crippen LogP contribution is -2.28. The average molecular weight is 220 g/mol. The number of amides is 1. The molecule has 1 aliphatic heterocycles. The van der Waals surface area contributed by atoms with E-state index in [1.807, 2.05) is 6.07 Å². The molecule has 1 rings (SSSR count). The fourth-order valence-electron chi connectivity index (χ4n) is 1.33. The summed E-state index contributed by atoms with van der Waals surface area (Å²) < 4.78 is 33.5. The van der Waals surface area contributed by atoms with E-state index in [-0.39, 0.29) is 25.9 Å². The summed E-state index contributed by atoms with van der Waals surface area (Å²) in [6.45, 7) is 0.0285. The van der Waals surface area contributed by atoms with Crippen molar-refractivity contribution in [2.75, 3.05) is 13.1 Å². The highest BCUT2D eigenvalue weighted by molar-refractivity contribution is 7.87. The zero-order chi connectivity index (χ0) is 10.8. The van der Waals surface area contributed by atoms with Gasteiger partial charge >= 0.3 is 10.2 Å². The molecule has 0 aromatic heterocycles. The summed E-state index contributed by atoms with van der Waals surface area (Å²) in [5.74, 6) is -0.411. The van der Waals surface area contributed by atoms with Gasteiger partial charge in [-0.1, -0.05) is 0 Å². The summed E-state index contributed by atoms with van der Waals surface area (Å²) in [6.07, 6.45) is -0.185. The smallest absolute Gasteiger partial charge is 0.307 e. The topological polar surface area (TPSA) is 78.2 Å². The standard InChI is InChI=1S/C7H9FN2O3S/c8-14(12,13)6-4-7(11)10(5-6)3-1-2-9/h6H,1,3-5H2. The molecule has 1 amide bonds. The summed E-state index contributed by atoms with van der Waals surface area (Å²) in [5, 5.41) is 7.00. The summed E-state index contributed by atoms with van der Waals surface area (Å²) in [5.41, 5.74) is 0. The molecule has 14 heavy (non-hydrogen) atoms. The lowest BCUT2D eigenvalue weighted by Gasteiger charge is -2.12. The second-order valence-corrected chi connectivity index (χ2v) is 4.67. The Morgan fingerprint density at radius 1 is 1.64 bits per heavy atom. The van der Waals surface area contributed by atoms with Gasteiger partial charge in [-0.15, -0.1) is 3.89 Å². The van der Waals surface area contributed by atoms with E-state index >= 15 is 0 Å². The first kappa shape index (κ1) is 10.9. The molecule has 1 atom stereocenters. The summed E-state index contributed by atoms with van der Waals surface area (Å²) in [4.78, 5) is 12.3. The van der Waals surface area contributed by atoms with Gasteiger partial charge in [0.15, 0.2) is 0 Å². The molecule has 0 aliphatic carbocycles. The first-order valence-electron chi connectivity index (χ1n) is 4.03. The van der Waals surface area contributed by atoms with E-state index in [9.17, 15) is 17.1 Å². The van der Waals surface area contributed by atoms with Crippen molar-refractivity contribution in [2.45, 2.75) is 18.1 Å². The monoisotopic (exact) mass is 220 g/mol. The molecule has 1 heterocycles. The Kier molecular flexibility index (Phi) is 3.06. The number of carbonyl (C=O) groups excluding carboxylic acids is 1. The Morgan fingerprint density at radius 3 is 2.71 bits per heavy atom. The zero-order valence-corrected chi connectivity index (χ0v) is 8.13. The van der Waals surface area contributed by atoms with Crippen LogP contribution in [0.4, 0.5) is 3.89 Å². The maximum absolute atomic E-state index is 12.5. The highest BCUT2D eigenvalue weighted by Gasteiger charge is 2.37. The molecule has 1 fully saturated rings. The first-order valence-corrected chi connectivity index (χ1v) is 5.48. The van der Waals surface area contributed by atoms with Crippen molar-refractivity contribution >= 4 is 16.1 Å². The van der Waals surface area contributed by atoms with Crippen molar-refractivity contribution in [3.8, 4) is 6.07 Å². The van der Waals surface area contributed by atoms with Gasteiger partial charge in [-0.3, -0.25) is 4.79 Å². The van der Waals surface area contributed by atoms with E-state index < -0.39 is 21.4 Å². The van der Waals surface area contributed by atoms with Crippen molar-refractivity contribution in [1.29, 1.82) is 5.26 Å². The highest BCUT2D eigenvalue weighted by Crippen LogP contribution is 2.19. The molecule has 0 aromatic rings. The SMILES string of the molecule is N#CCCN1CC(S(=O)(=O)F)CC1=O. The molecule has 0 bridgehead atoms. The molecule has 1 aliphatic rings. The van der Waals surface area contributed by atoms with Gasteiger partial charge in [0.2, 0.25) is 5.91 Å². The number of carbonyl (C=O) groups is 1. The van der Waals surface area contributed by atoms with E-state index in [2.05, 4.69) is 0 Å². The van der Waals surface area contributed by atoms with Gasteiger partial charge < -0.3 is 4.90 Å². The predicted molar refractivity (Wildman–Crippen MR) is 45.2 cm³/mol.